The van der Waals surface area contributed by atoms with Gasteiger partial charge in [-0.1, -0.05) is 55.1 Å². The molecule has 1 atom stereocenters. The predicted octanol–water partition coefficient (Wildman–Crippen LogP) is 3.62. The van der Waals surface area contributed by atoms with Crippen LogP contribution >= 0.6 is 11.8 Å². The van der Waals surface area contributed by atoms with Gasteiger partial charge in [-0.05, 0) is 42.0 Å². The summed E-state index contributed by atoms with van der Waals surface area (Å²) in [7, 11) is 0. The van der Waals surface area contributed by atoms with Gasteiger partial charge in [-0.3, -0.25) is 9.36 Å². The lowest BCUT2D eigenvalue weighted by molar-refractivity contribution is -0.113. The molecule has 1 unspecified atom stereocenters. The van der Waals surface area contributed by atoms with E-state index in [1.807, 2.05) is 54.6 Å². The summed E-state index contributed by atoms with van der Waals surface area (Å²) in [5.74, 6) is 0.907. The van der Waals surface area contributed by atoms with Crippen molar-refractivity contribution in [1.82, 2.24) is 35.0 Å². The molecule has 0 saturated heterocycles. The van der Waals surface area contributed by atoms with Crippen LogP contribution in [0.4, 0.5) is 5.69 Å². The lowest BCUT2D eigenvalue weighted by atomic mass is 10.2. The van der Waals surface area contributed by atoms with Gasteiger partial charge in [0.05, 0.1) is 11.4 Å². The molecule has 31 heavy (non-hydrogen) atoms. The summed E-state index contributed by atoms with van der Waals surface area (Å²) in [5, 5.41) is 23.5. The summed E-state index contributed by atoms with van der Waals surface area (Å²) in [6.07, 6.45) is 2.43. The predicted molar refractivity (Wildman–Crippen MR) is 119 cm³/mol. The monoisotopic (exact) mass is 434 g/mol. The zero-order valence-electron chi connectivity index (χ0n) is 17.2. The minimum Gasteiger partial charge on any atom is -0.325 e. The van der Waals surface area contributed by atoms with Crippen molar-refractivity contribution in [3.05, 3.63) is 60.9 Å². The van der Waals surface area contributed by atoms with E-state index in [-0.39, 0.29) is 17.7 Å². The smallest absolute Gasteiger partial charge is 0.234 e. The van der Waals surface area contributed by atoms with Crippen molar-refractivity contribution in [3.63, 3.8) is 0 Å². The Kier molecular flexibility index (Phi) is 6.37. The lowest BCUT2D eigenvalue weighted by Crippen LogP contribution is -2.15. The van der Waals surface area contributed by atoms with E-state index < -0.39 is 0 Å². The van der Waals surface area contributed by atoms with E-state index in [9.17, 15) is 4.79 Å². The van der Waals surface area contributed by atoms with Gasteiger partial charge in [0.25, 0.3) is 0 Å². The van der Waals surface area contributed by atoms with Gasteiger partial charge in [0.15, 0.2) is 11.0 Å². The largest absolute Gasteiger partial charge is 0.325 e. The molecule has 2 aromatic heterocycles. The first-order chi connectivity index (χ1) is 15.2. The number of tetrazole rings is 1. The standard InChI is InChI=1S/C21H22N8OS/c1-3-15(2)29-20(16-8-5-4-6-9-16)24-25-21(29)31-13-19(30)23-17-10-7-11-18(12-17)28-14-22-26-27-28/h4-12,14-15H,3,13H2,1-2H3,(H,23,30). The first-order valence-corrected chi connectivity index (χ1v) is 10.9. The van der Waals surface area contributed by atoms with Gasteiger partial charge in [-0.15, -0.1) is 15.3 Å². The molecule has 1 N–H and O–H groups in total. The molecule has 158 valence electrons. The van der Waals surface area contributed by atoms with Crippen molar-refractivity contribution in [2.75, 3.05) is 11.1 Å². The number of nitrogens with one attached hydrogen (secondary N) is 1. The Hall–Kier alpha value is -3.53. The van der Waals surface area contributed by atoms with E-state index in [1.54, 1.807) is 0 Å². The topological polar surface area (TPSA) is 103 Å². The minimum absolute atomic E-state index is 0.126. The Morgan fingerprint density at radius 2 is 1.97 bits per heavy atom. The van der Waals surface area contributed by atoms with Crippen LogP contribution in [0.2, 0.25) is 0 Å². The molecule has 10 heteroatoms. The van der Waals surface area contributed by atoms with Gasteiger partial charge in [-0.2, -0.15) is 0 Å². The number of amides is 1. The van der Waals surface area contributed by atoms with E-state index in [0.717, 1.165) is 28.7 Å². The van der Waals surface area contributed by atoms with Crippen molar-refractivity contribution in [1.29, 1.82) is 0 Å². The third kappa shape index (κ3) is 4.80. The number of hydrogen-bond donors (Lipinski definition) is 1. The Morgan fingerprint density at radius 3 is 2.71 bits per heavy atom. The Labute approximate surface area is 183 Å². The number of carbonyl (C=O) groups is 1. The van der Waals surface area contributed by atoms with Crippen LogP contribution in [0.1, 0.15) is 26.3 Å². The molecule has 1 amide bonds. The van der Waals surface area contributed by atoms with Crippen LogP contribution in [-0.4, -0.2) is 46.6 Å². The number of rotatable bonds is 8. The molecule has 4 aromatic rings. The van der Waals surface area contributed by atoms with E-state index in [4.69, 9.17) is 0 Å². The van der Waals surface area contributed by atoms with Gasteiger partial charge in [-0.25, -0.2) is 4.68 Å². The van der Waals surface area contributed by atoms with Gasteiger partial charge >= 0.3 is 0 Å². The fourth-order valence-corrected chi connectivity index (χ4v) is 3.91. The zero-order chi connectivity index (χ0) is 21.6. The molecule has 0 fully saturated rings. The maximum absolute atomic E-state index is 12.6. The molecule has 0 spiro atoms. The average molecular weight is 435 g/mol. The Balaban J connectivity index is 1.46. The third-order valence-corrected chi connectivity index (χ3v) is 5.75. The molecule has 0 aliphatic rings. The molecular weight excluding hydrogens is 412 g/mol. The van der Waals surface area contributed by atoms with E-state index in [2.05, 4.69) is 49.5 Å². The summed E-state index contributed by atoms with van der Waals surface area (Å²) in [6, 6.07) is 17.5. The number of thioether (sulfide) groups is 1. The second-order valence-electron chi connectivity index (χ2n) is 6.94. The zero-order valence-corrected chi connectivity index (χ0v) is 18.0. The fourth-order valence-electron chi connectivity index (χ4n) is 3.07. The van der Waals surface area contributed by atoms with Crippen LogP contribution in [0.15, 0.2) is 66.1 Å². The van der Waals surface area contributed by atoms with E-state index >= 15 is 0 Å². The number of carbonyl (C=O) groups excluding carboxylic acids is 1. The highest BCUT2D eigenvalue weighted by molar-refractivity contribution is 7.99. The molecule has 2 heterocycles. The maximum Gasteiger partial charge on any atom is 0.234 e. The van der Waals surface area contributed by atoms with Gasteiger partial charge < -0.3 is 5.32 Å². The summed E-state index contributed by atoms with van der Waals surface area (Å²) in [4.78, 5) is 12.6. The summed E-state index contributed by atoms with van der Waals surface area (Å²) >= 11 is 1.38. The SMILES string of the molecule is CCC(C)n1c(SCC(=O)Nc2cccc(-n3cnnn3)c2)nnc1-c1ccccc1. The molecule has 0 bridgehead atoms. The number of benzene rings is 2. The maximum atomic E-state index is 12.6. The molecule has 0 saturated carbocycles. The highest BCUT2D eigenvalue weighted by Crippen LogP contribution is 2.29. The van der Waals surface area contributed by atoms with Crippen LogP contribution in [0.5, 0.6) is 0 Å². The second-order valence-corrected chi connectivity index (χ2v) is 7.88. The highest BCUT2D eigenvalue weighted by Gasteiger charge is 2.19. The summed E-state index contributed by atoms with van der Waals surface area (Å²) < 4.78 is 3.63. The molecular formula is C21H22N8OS. The number of aromatic nitrogens is 7. The van der Waals surface area contributed by atoms with Crippen LogP contribution in [0.25, 0.3) is 17.1 Å². The molecule has 0 aliphatic carbocycles. The minimum atomic E-state index is -0.126. The molecule has 2 aromatic carbocycles. The Morgan fingerprint density at radius 1 is 1.13 bits per heavy atom. The fraction of sp³-hybridized carbons (Fsp3) is 0.238. The number of hydrogen-bond acceptors (Lipinski definition) is 7. The van der Waals surface area contributed by atoms with Crippen LogP contribution in [-0.2, 0) is 4.79 Å². The number of nitrogens with zero attached hydrogens (tertiary/aromatic N) is 7. The summed E-state index contributed by atoms with van der Waals surface area (Å²) in [5.41, 5.74) is 2.44. The van der Waals surface area contributed by atoms with Gasteiger partial charge in [0, 0.05) is 17.3 Å². The summed E-state index contributed by atoms with van der Waals surface area (Å²) in [6.45, 7) is 4.25. The number of anilines is 1. The third-order valence-electron chi connectivity index (χ3n) is 4.80. The van der Waals surface area contributed by atoms with Crippen molar-refractivity contribution < 1.29 is 4.79 Å². The lowest BCUT2D eigenvalue weighted by Gasteiger charge is -2.16. The van der Waals surface area contributed by atoms with Crippen molar-refractivity contribution in [2.45, 2.75) is 31.5 Å². The second kappa shape index (κ2) is 9.52. The van der Waals surface area contributed by atoms with Crippen molar-refractivity contribution >= 4 is 23.4 Å². The van der Waals surface area contributed by atoms with E-state index in [1.165, 1.54) is 22.8 Å². The first-order valence-electron chi connectivity index (χ1n) is 9.92. The first kappa shape index (κ1) is 20.7. The van der Waals surface area contributed by atoms with Crippen LogP contribution < -0.4 is 5.32 Å². The Bertz CT molecular complexity index is 1140. The van der Waals surface area contributed by atoms with Crippen LogP contribution in [0.3, 0.4) is 0 Å². The molecule has 0 aliphatic heterocycles. The highest BCUT2D eigenvalue weighted by atomic mass is 32.2. The normalized spacial score (nSPS) is 11.9. The van der Waals surface area contributed by atoms with Crippen molar-refractivity contribution in [3.8, 4) is 17.1 Å². The molecule has 4 rings (SSSR count). The average Bonchev–Trinajstić information content (AvgIpc) is 3.48. The molecule has 0 radical (unpaired) electrons. The van der Waals surface area contributed by atoms with E-state index in [0.29, 0.717) is 5.69 Å². The van der Waals surface area contributed by atoms with Gasteiger partial charge in [0.1, 0.15) is 6.33 Å². The van der Waals surface area contributed by atoms with Gasteiger partial charge in [0.2, 0.25) is 5.91 Å². The van der Waals surface area contributed by atoms with Crippen LogP contribution in [0, 0.1) is 0 Å². The molecule has 9 nitrogen and oxygen atoms in total. The van der Waals surface area contributed by atoms with Crippen molar-refractivity contribution in [2.24, 2.45) is 0 Å². The quantitative estimate of drug-likeness (QED) is 0.422.